The van der Waals surface area contributed by atoms with E-state index < -0.39 is 0 Å². The van der Waals surface area contributed by atoms with E-state index >= 15 is 0 Å². The number of carbonyl (C=O) groups excluding carboxylic acids is 1. The number of nitrogens with one attached hydrogen (secondary N) is 2. The van der Waals surface area contributed by atoms with E-state index in [1.807, 2.05) is 30.3 Å². The fourth-order valence-electron chi connectivity index (χ4n) is 4.15. The molecule has 0 unspecified atom stereocenters. The number of aromatic nitrogens is 1. The van der Waals surface area contributed by atoms with Gasteiger partial charge in [0.2, 0.25) is 0 Å². The zero-order chi connectivity index (χ0) is 20.4. The highest BCUT2D eigenvalue weighted by molar-refractivity contribution is 6.06. The van der Waals surface area contributed by atoms with Gasteiger partial charge in [-0.05, 0) is 93.7 Å². The summed E-state index contributed by atoms with van der Waals surface area (Å²) < 4.78 is 5.16. The molecule has 0 aliphatic carbocycles. The molecule has 0 spiro atoms. The third-order valence-electron chi connectivity index (χ3n) is 5.97. The molecule has 1 amide bonds. The summed E-state index contributed by atoms with van der Waals surface area (Å²) in [6.07, 6.45) is 2.39. The SMILES string of the molecule is COc1ccc(NC(=O)c2cc3cc(C4CCN(C(C)C)CC4)ccc3[nH]2)cc1. The van der Waals surface area contributed by atoms with Crippen LogP contribution in [0.4, 0.5) is 5.69 Å². The van der Waals surface area contributed by atoms with Crippen molar-refractivity contribution < 1.29 is 9.53 Å². The molecule has 0 atom stereocenters. The average molecular weight is 392 g/mol. The van der Waals surface area contributed by atoms with Crippen molar-refractivity contribution in [3.05, 3.63) is 59.8 Å². The Kier molecular flexibility index (Phi) is 5.58. The Labute approximate surface area is 172 Å². The molecule has 5 heteroatoms. The van der Waals surface area contributed by atoms with Gasteiger partial charge in [0.25, 0.3) is 5.91 Å². The molecule has 1 aliphatic rings. The van der Waals surface area contributed by atoms with Crippen LogP contribution in [0, 0.1) is 0 Å². The number of carbonyl (C=O) groups is 1. The molecule has 0 bridgehead atoms. The van der Waals surface area contributed by atoms with Gasteiger partial charge in [-0.15, -0.1) is 0 Å². The number of rotatable bonds is 5. The van der Waals surface area contributed by atoms with Gasteiger partial charge in [0.1, 0.15) is 11.4 Å². The smallest absolute Gasteiger partial charge is 0.272 e. The lowest BCUT2D eigenvalue weighted by Gasteiger charge is -2.34. The van der Waals surface area contributed by atoms with Crippen molar-refractivity contribution in [3.63, 3.8) is 0 Å². The van der Waals surface area contributed by atoms with Crippen LogP contribution >= 0.6 is 0 Å². The number of anilines is 1. The molecule has 0 radical (unpaired) electrons. The van der Waals surface area contributed by atoms with Gasteiger partial charge in [0.05, 0.1) is 7.11 Å². The summed E-state index contributed by atoms with van der Waals surface area (Å²) in [6, 6.07) is 16.4. The van der Waals surface area contributed by atoms with Crippen LogP contribution in [0.2, 0.25) is 0 Å². The Bertz CT molecular complexity index is 983. The summed E-state index contributed by atoms with van der Waals surface area (Å²) in [5.41, 5.74) is 3.69. The van der Waals surface area contributed by atoms with E-state index in [0.29, 0.717) is 17.7 Å². The summed E-state index contributed by atoms with van der Waals surface area (Å²) in [5.74, 6) is 1.22. The van der Waals surface area contributed by atoms with Gasteiger partial charge in [-0.1, -0.05) is 6.07 Å². The first kappa shape index (κ1) is 19.5. The minimum atomic E-state index is -0.141. The number of hydrogen-bond donors (Lipinski definition) is 2. The minimum Gasteiger partial charge on any atom is -0.497 e. The summed E-state index contributed by atoms with van der Waals surface area (Å²) in [5, 5.41) is 4.02. The number of amides is 1. The molecular weight excluding hydrogens is 362 g/mol. The van der Waals surface area contributed by atoms with Gasteiger partial charge >= 0.3 is 0 Å². The van der Waals surface area contributed by atoms with Crippen LogP contribution in [0.15, 0.2) is 48.5 Å². The normalized spacial score (nSPS) is 15.7. The zero-order valence-electron chi connectivity index (χ0n) is 17.4. The molecule has 2 heterocycles. The first-order valence-corrected chi connectivity index (χ1v) is 10.4. The number of aromatic amines is 1. The monoisotopic (exact) mass is 391 g/mol. The van der Waals surface area contributed by atoms with Gasteiger partial charge in [0.15, 0.2) is 0 Å². The number of likely N-dealkylation sites (tertiary alicyclic amines) is 1. The van der Waals surface area contributed by atoms with Crippen molar-refractivity contribution in [1.82, 2.24) is 9.88 Å². The Balaban J connectivity index is 1.47. The van der Waals surface area contributed by atoms with E-state index in [0.717, 1.165) is 35.4 Å². The molecule has 1 aromatic heterocycles. The van der Waals surface area contributed by atoms with Gasteiger partial charge in [-0.25, -0.2) is 0 Å². The Morgan fingerprint density at radius 2 is 1.83 bits per heavy atom. The summed E-state index contributed by atoms with van der Waals surface area (Å²) >= 11 is 0. The highest BCUT2D eigenvalue weighted by Gasteiger charge is 2.22. The third-order valence-corrected chi connectivity index (χ3v) is 5.97. The molecule has 1 aliphatic heterocycles. The standard InChI is InChI=1S/C24H29N3O2/c1-16(2)27-12-10-17(11-13-27)18-4-9-22-19(14-18)15-23(26-22)24(28)25-20-5-7-21(29-3)8-6-20/h4-9,14-17,26H,10-13H2,1-3H3,(H,25,28). The molecule has 2 aromatic carbocycles. The lowest BCUT2D eigenvalue weighted by molar-refractivity contribution is 0.102. The summed E-state index contributed by atoms with van der Waals surface area (Å²) in [6.45, 7) is 6.85. The van der Waals surface area contributed by atoms with Gasteiger partial charge in [0, 0.05) is 22.6 Å². The largest absolute Gasteiger partial charge is 0.497 e. The Morgan fingerprint density at radius 1 is 1.10 bits per heavy atom. The minimum absolute atomic E-state index is 0.141. The molecule has 3 aromatic rings. The highest BCUT2D eigenvalue weighted by atomic mass is 16.5. The second-order valence-corrected chi connectivity index (χ2v) is 8.12. The molecule has 1 fully saturated rings. The van der Waals surface area contributed by atoms with Crippen molar-refractivity contribution in [1.29, 1.82) is 0 Å². The lowest BCUT2D eigenvalue weighted by atomic mass is 9.88. The van der Waals surface area contributed by atoms with E-state index in [1.54, 1.807) is 7.11 Å². The van der Waals surface area contributed by atoms with Crippen molar-refractivity contribution in [3.8, 4) is 5.75 Å². The van der Waals surface area contributed by atoms with Crippen LogP contribution in [0.25, 0.3) is 10.9 Å². The number of nitrogens with zero attached hydrogens (tertiary/aromatic N) is 1. The zero-order valence-corrected chi connectivity index (χ0v) is 17.4. The van der Waals surface area contributed by atoms with Crippen molar-refractivity contribution in [2.45, 2.75) is 38.6 Å². The van der Waals surface area contributed by atoms with E-state index in [1.165, 1.54) is 18.4 Å². The number of benzene rings is 2. The molecule has 5 nitrogen and oxygen atoms in total. The van der Waals surface area contributed by atoms with E-state index in [-0.39, 0.29) is 5.91 Å². The number of hydrogen-bond acceptors (Lipinski definition) is 3. The molecule has 152 valence electrons. The molecule has 0 saturated carbocycles. The van der Waals surface area contributed by atoms with Crippen LogP contribution < -0.4 is 10.1 Å². The number of methoxy groups -OCH3 is 1. The van der Waals surface area contributed by atoms with Crippen LogP contribution in [-0.4, -0.2) is 42.0 Å². The summed E-state index contributed by atoms with van der Waals surface area (Å²) in [7, 11) is 1.62. The van der Waals surface area contributed by atoms with Crippen LogP contribution in [0.3, 0.4) is 0 Å². The fourth-order valence-corrected chi connectivity index (χ4v) is 4.15. The summed E-state index contributed by atoms with van der Waals surface area (Å²) in [4.78, 5) is 18.4. The molecule has 29 heavy (non-hydrogen) atoms. The van der Waals surface area contributed by atoms with E-state index in [2.05, 4.69) is 47.2 Å². The quantitative estimate of drug-likeness (QED) is 0.642. The fraction of sp³-hybridized carbons (Fsp3) is 0.375. The number of H-pyrrole nitrogens is 1. The van der Waals surface area contributed by atoms with Crippen LogP contribution in [0.5, 0.6) is 5.75 Å². The first-order chi connectivity index (χ1) is 14.0. The lowest BCUT2D eigenvalue weighted by Crippen LogP contribution is -2.37. The topological polar surface area (TPSA) is 57.4 Å². The van der Waals surface area contributed by atoms with Crippen LogP contribution in [0.1, 0.15) is 48.7 Å². The predicted molar refractivity (Wildman–Crippen MR) is 118 cm³/mol. The van der Waals surface area contributed by atoms with Gasteiger partial charge in [-0.3, -0.25) is 4.79 Å². The maximum Gasteiger partial charge on any atom is 0.272 e. The van der Waals surface area contributed by atoms with Crippen LogP contribution in [-0.2, 0) is 0 Å². The van der Waals surface area contributed by atoms with Gasteiger partial charge < -0.3 is 19.9 Å². The number of fused-ring (bicyclic) bond motifs is 1. The van der Waals surface area contributed by atoms with E-state index in [4.69, 9.17) is 4.74 Å². The molecule has 1 saturated heterocycles. The average Bonchev–Trinajstić information content (AvgIpc) is 3.18. The Morgan fingerprint density at radius 3 is 2.48 bits per heavy atom. The van der Waals surface area contributed by atoms with Crippen molar-refractivity contribution >= 4 is 22.5 Å². The first-order valence-electron chi connectivity index (χ1n) is 10.4. The van der Waals surface area contributed by atoms with E-state index in [9.17, 15) is 4.79 Å². The number of piperidine rings is 1. The van der Waals surface area contributed by atoms with Gasteiger partial charge in [-0.2, -0.15) is 0 Å². The maximum atomic E-state index is 12.6. The molecule has 4 rings (SSSR count). The Hall–Kier alpha value is -2.79. The predicted octanol–water partition coefficient (Wildman–Crippen LogP) is 5.02. The van der Waals surface area contributed by atoms with Crippen molar-refractivity contribution in [2.24, 2.45) is 0 Å². The second-order valence-electron chi connectivity index (χ2n) is 8.12. The van der Waals surface area contributed by atoms with Crippen molar-refractivity contribution in [2.75, 3.05) is 25.5 Å². The molecule has 2 N–H and O–H groups in total. The number of ether oxygens (including phenoxy) is 1. The second kappa shape index (κ2) is 8.29. The third kappa shape index (κ3) is 4.30. The highest BCUT2D eigenvalue weighted by Crippen LogP contribution is 2.31. The molecular formula is C24H29N3O2. The maximum absolute atomic E-state index is 12.6.